The molecule has 23 heavy (non-hydrogen) atoms. The molecule has 2 N–H and O–H groups in total. The van der Waals surface area contributed by atoms with E-state index < -0.39 is 27.8 Å². The molecule has 1 atom stereocenters. The van der Waals surface area contributed by atoms with E-state index in [2.05, 4.69) is 0 Å². The molecule has 1 aliphatic heterocycles. The lowest BCUT2D eigenvalue weighted by Crippen LogP contribution is -2.39. The van der Waals surface area contributed by atoms with Gasteiger partial charge in [0.05, 0.1) is 10.5 Å². The Morgan fingerprint density at radius 1 is 1.39 bits per heavy atom. The maximum absolute atomic E-state index is 14.3. The van der Waals surface area contributed by atoms with Gasteiger partial charge >= 0.3 is 0 Å². The second-order valence-electron chi connectivity index (χ2n) is 5.75. The highest BCUT2D eigenvalue weighted by molar-refractivity contribution is 7.89. The summed E-state index contributed by atoms with van der Waals surface area (Å²) in [5.41, 5.74) is 5.38. The fraction of sp³-hybridized carbons (Fsp3) is 0.533. The fourth-order valence-corrected chi connectivity index (χ4v) is 3.86. The van der Waals surface area contributed by atoms with Crippen LogP contribution in [0.15, 0.2) is 23.1 Å². The minimum atomic E-state index is -3.85. The van der Waals surface area contributed by atoms with E-state index in [9.17, 15) is 17.6 Å². The Bertz CT molecular complexity index is 687. The summed E-state index contributed by atoms with van der Waals surface area (Å²) in [6.07, 6.45) is 1.81. The maximum atomic E-state index is 14.3. The zero-order valence-electron chi connectivity index (χ0n) is 13.3. The van der Waals surface area contributed by atoms with Gasteiger partial charge in [-0.25, -0.2) is 12.8 Å². The summed E-state index contributed by atoms with van der Waals surface area (Å²) in [6, 6.07) is 3.00. The average molecular weight is 343 g/mol. The van der Waals surface area contributed by atoms with Crippen LogP contribution >= 0.6 is 0 Å². The van der Waals surface area contributed by atoms with Gasteiger partial charge in [-0.15, -0.1) is 0 Å². The molecule has 0 spiro atoms. The highest BCUT2D eigenvalue weighted by Crippen LogP contribution is 2.21. The molecule has 1 heterocycles. The van der Waals surface area contributed by atoms with Gasteiger partial charge in [-0.2, -0.15) is 4.31 Å². The summed E-state index contributed by atoms with van der Waals surface area (Å²) in [7, 11) is -2.45. The summed E-state index contributed by atoms with van der Waals surface area (Å²) >= 11 is 0. The minimum Gasteiger partial charge on any atom is -0.339 e. The molecule has 1 aromatic carbocycles. The molecule has 1 unspecified atom stereocenters. The lowest BCUT2D eigenvalue weighted by molar-refractivity contribution is 0.0788. The van der Waals surface area contributed by atoms with Crippen LogP contribution < -0.4 is 5.73 Å². The molecule has 0 bridgehead atoms. The number of rotatable bonds is 5. The van der Waals surface area contributed by atoms with Gasteiger partial charge in [-0.1, -0.05) is 0 Å². The summed E-state index contributed by atoms with van der Waals surface area (Å²) in [4.78, 5) is 13.6. The number of carbonyl (C=O) groups excluding carboxylic acids is 1. The van der Waals surface area contributed by atoms with Crippen LogP contribution in [-0.2, 0) is 10.0 Å². The number of amides is 1. The van der Waals surface area contributed by atoms with Crippen LogP contribution in [0.1, 0.15) is 30.1 Å². The highest BCUT2D eigenvalue weighted by atomic mass is 32.2. The van der Waals surface area contributed by atoms with Crippen LogP contribution in [0.3, 0.4) is 0 Å². The predicted molar refractivity (Wildman–Crippen MR) is 85.0 cm³/mol. The number of carbonyl (C=O) groups is 1. The van der Waals surface area contributed by atoms with Gasteiger partial charge in [-0.05, 0) is 38.0 Å². The van der Waals surface area contributed by atoms with Gasteiger partial charge in [0.25, 0.3) is 5.91 Å². The lowest BCUT2D eigenvalue weighted by Gasteiger charge is -2.23. The summed E-state index contributed by atoms with van der Waals surface area (Å²) in [5.74, 6) is -1.22. The topological polar surface area (TPSA) is 83.7 Å². The zero-order valence-corrected chi connectivity index (χ0v) is 14.1. The molecule has 1 aromatic rings. The van der Waals surface area contributed by atoms with Crippen molar-refractivity contribution < 1.29 is 17.6 Å². The first-order valence-electron chi connectivity index (χ1n) is 7.56. The molecular weight excluding hydrogens is 321 g/mol. The molecule has 128 valence electrons. The number of nitrogens with zero attached hydrogens (tertiary/aromatic N) is 2. The first-order valence-corrected chi connectivity index (χ1v) is 9.00. The number of halogens is 1. The largest absolute Gasteiger partial charge is 0.339 e. The molecule has 1 fully saturated rings. The molecule has 1 aliphatic rings. The Labute approximate surface area is 136 Å². The SMILES string of the molecule is CC(CN)N(C)S(=O)(=O)c1ccc(C(=O)N2CCCC2)c(F)c1. The second-order valence-corrected chi connectivity index (χ2v) is 7.74. The van der Waals surface area contributed by atoms with Crippen LogP contribution in [0.5, 0.6) is 0 Å². The third kappa shape index (κ3) is 3.54. The van der Waals surface area contributed by atoms with Crippen molar-refractivity contribution in [3.05, 3.63) is 29.6 Å². The predicted octanol–water partition coefficient (Wildman–Crippen LogP) is 1.03. The van der Waals surface area contributed by atoms with Crippen LogP contribution in [-0.4, -0.2) is 56.3 Å². The maximum Gasteiger partial charge on any atom is 0.256 e. The summed E-state index contributed by atoms with van der Waals surface area (Å²) < 4.78 is 40.2. The van der Waals surface area contributed by atoms with E-state index in [-0.39, 0.29) is 17.0 Å². The van der Waals surface area contributed by atoms with Crippen LogP contribution in [0.4, 0.5) is 4.39 Å². The Morgan fingerprint density at radius 3 is 2.52 bits per heavy atom. The Kier molecular flexibility index (Phi) is 5.38. The minimum absolute atomic E-state index is 0.0969. The van der Waals surface area contributed by atoms with Crippen LogP contribution in [0.25, 0.3) is 0 Å². The number of sulfonamides is 1. The van der Waals surface area contributed by atoms with Crippen LogP contribution in [0, 0.1) is 5.82 Å². The molecular formula is C15H22FN3O3S. The van der Waals surface area contributed by atoms with Crippen molar-refractivity contribution in [1.82, 2.24) is 9.21 Å². The van der Waals surface area contributed by atoms with Crippen molar-refractivity contribution in [3.63, 3.8) is 0 Å². The first kappa shape index (κ1) is 17.8. The third-order valence-electron chi connectivity index (χ3n) is 4.20. The quantitative estimate of drug-likeness (QED) is 0.865. The molecule has 0 radical (unpaired) electrons. The van der Waals surface area contributed by atoms with E-state index in [1.54, 1.807) is 11.8 Å². The number of hydrogen-bond acceptors (Lipinski definition) is 4. The molecule has 1 amide bonds. The van der Waals surface area contributed by atoms with E-state index in [1.165, 1.54) is 19.2 Å². The second kappa shape index (κ2) is 6.94. The smallest absolute Gasteiger partial charge is 0.256 e. The van der Waals surface area contributed by atoms with E-state index in [1.807, 2.05) is 0 Å². The number of hydrogen-bond donors (Lipinski definition) is 1. The molecule has 6 nitrogen and oxygen atoms in total. The van der Waals surface area contributed by atoms with E-state index in [0.29, 0.717) is 13.1 Å². The Hall–Kier alpha value is -1.51. The molecule has 0 aliphatic carbocycles. The normalized spacial score (nSPS) is 16.8. The van der Waals surface area contributed by atoms with Crippen molar-refractivity contribution in [1.29, 1.82) is 0 Å². The number of nitrogens with two attached hydrogens (primary N) is 1. The van der Waals surface area contributed by atoms with Crippen molar-refractivity contribution in [2.75, 3.05) is 26.7 Å². The molecule has 1 saturated heterocycles. The molecule has 8 heteroatoms. The van der Waals surface area contributed by atoms with Gasteiger partial charge in [0.15, 0.2) is 0 Å². The summed E-state index contributed by atoms with van der Waals surface area (Å²) in [6.45, 7) is 3.03. The molecule has 2 rings (SSSR count). The van der Waals surface area contributed by atoms with Gasteiger partial charge in [0.2, 0.25) is 10.0 Å². The van der Waals surface area contributed by atoms with E-state index >= 15 is 0 Å². The molecule has 0 aromatic heterocycles. The third-order valence-corrected chi connectivity index (χ3v) is 6.17. The lowest BCUT2D eigenvalue weighted by atomic mass is 10.2. The van der Waals surface area contributed by atoms with Crippen LogP contribution in [0.2, 0.25) is 0 Å². The zero-order chi connectivity index (χ0) is 17.2. The number of benzene rings is 1. The van der Waals surface area contributed by atoms with E-state index in [4.69, 9.17) is 5.73 Å². The highest BCUT2D eigenvalue weighted by Gasteiger charge is 2.27. The summed E-state index contributed by atoms with van der Waals surface area (Å²) in [5, 5.41) is 0. The molecule has 0 saturated carbocycles. The van der Waals surface area contributed by atoms with Gasteiger partial charge in [-0.3, -0.25) is 4.79 Å². The van der Waals surface area contributed by atoms with Crippen molar-refractivity contribution >= 4 is 15.9 Å². The number of likely N-dealkylation sites (tertiary alicyclic amines) is 1. The van der Waals surface area contributed by atoms with Crippen molar-refractivity contribution in [3.8, 4) is 0 Å². The standard InChI is InChI=1S/C15H22FN3O3S/c1-11(10-17)18(2)23(21,22)12-5-6-13(14(16)9-12)15(20)19-7-3-4-8-19/h5-6,9,11H,3-4,7-8,10,17H2,1-2H3. The van der Waals surface area contributed by atoms with E-state index in [0.717, 1.165) is 23.2 Å². The van der Waals surface area contributed by atoms with Crippen molar-refractivity contribution in [2.24, 2.45) is 5.73 Å². The number of likely N-dealkylation sites (N-methyl/N-ethyl adjacent to an activating group) is 1. The van der Waals surface area contributed by atoms with Gasteiger partial charge < -0.3 is 10.6 Å². The average Bonchev–Trinajstić information content (AvgIpc) is 3.07. The Morgan fingerprint density at radius 2 is 2.00 bits per heavy atom. The van der Waals surface area contributed by atoms with Gasteiger partial charge in [0.1, 0.15) is 5.82 Å². The van der Waals surface area contributed by atoms with Crippen molar-refractivity contribution in [2.45, 2.75) is 30.7 Å². The monoisotopic (exact) mass is 343 g/mol. The first-order chi connectivity index (χ1) is 10.8. The van der Waals surface area contributed by atoms with Gasteiger partial charge in [0, 0.05) is 32.7 Å². The Balaban J connectivity index is 2.30. The fourth-order valence-electron chi connectivity index (χ4n) is 2.47.